The molecular formula is C20H22N2. The molecule has 22 heavy (non-hydrogen) atoms. The second kappa shape index (κ2) is 5.60. The lowest BCUT2D eigenvalue weighted by Crippen LogP contribution is -2.08. The third-order valence-electron chi connectivity index (χ3n) is 4.87. The SMILES string of the molecule is Cc1ccc(Cn2c(C3CCCC3)nc3ccccc32)cc1. The van der Waals surface area contributed by atoms with Crippen molar-refractivity contribution in [1.29, 1.82) is 0 Å². The van der Waals surface area contributed by atoms with Crippen LogP contribution in [0.2, 0.25) is 0 Å². The molecule has 0 radical (unpaired) electrons. The van der Waals surface area contributed by atoms with Gasteiger partial charge in [0, 0.05) is 12.5 Å². The van der Waals surface area contributed by atoms with E-state index in [1.807, 2.05) is 0 Å². The average Bonchev–Trinajstić information content (AvgIpc) is 3.18. The summed E-state index contributed by atoms with van der Waals surface area (Å²) in [6.45, 7) is 3.06. The summed E-state index contributed by atoms with van der Waals surface area (Å²) in [5.41, 5.74) is 5.07. The van der Waals surface area contributed by atoms with Gasteiger partial charge in [-0.25, -0.2) is 4.98 Å². The van der Waals surface area contributed by atoms with Gasteiger partial charge in [0.05, 0.1) is 11.0 Å². The zero-order valence-electron chi connectivity index (χ0n) is 13.1. The van der Waals surface area contributed by atoms with Crippen LogP contribution in [0.3, 0.4) is 0 Å². The van der Waals surface area contributed by atoms with Gasteiger partial charge < -0.3 is 4.57 Å². The van der Waals surface area contributed by atoms with Crippen molar-refractivity contribution in [2.24, 2.45) is 0 Å². The summed E-state index contributed by atoms with van der Waals surface area (Å²) in [7, 11) is 0. The van der Waals surface area contributed by atoms with Crippen molar-refractivity contribution in [3.8, 4) is 0 Å². The average molecular weight is 290 g/mol. The molecule has 0 saturated heterocycles. The normalized spacial score (nSPS) is 15.7. The van der Waals surface area contributed by atoms with Crippen LogP contribution < -0.4 is 0 Å². The highest BCUT2D eigenvalue weighted by Gasteiger charge is 2.23. The summed E-state index contributed by atoms with van der Waals surface area (Å²) in [4.78, 5) is 4.97. The van der Waals surface area contributed by atoms with Gasteiger partial charge in [-0.1, -0.05) is 54.8 Å². The molecule has 0 N–H and O–H groups in total. The molecule has 3 aromatic rings. The van der Waals surface area contributed by atoms with E-state index in [1.54, 1.807) is 0 Å². The summed E-state index contributed by atoms with van der Waals surface area (Å²) in [5, 5.41) is 0. The monoisotopic (exact) mass is 290 g/mol. The van der Waals surface area contributed by atoms with Crippen LogP contribution in [-0.2, 0) is 6.54 Å². The fourth-order valence-corrected chi connectivity index (χ4v) is 3.63. The van der Waals surface area contributed by atoms with Gasteiger partial charge in [0.2, 0.25) is 0 Å². The molecule has 1 aromatic heterocycles. The molecular weight excluding hydrogens is 268 g/mol. The van der Waals surface area contributed by atoms with E-state index < -0.39 is 0 Å². The first-order valence-electron chi connectivity index (χ1n) is 8.32. The molecule has 2 aromatic carbocycles. The van der Waals surface area contributed by atoms with Gasteiger partial charge >= 0.3 is 0 Å². The number of benzene rings is 2. The highest BCUT2D eigenvalue weighted by atomic mass is 15.1. The van der Waals surface area contributed by atoms with Crippen molar-refractivity contribution >= 4 is 11.0 Å². The molecule has 0 spiro atoms. The van der Waals surface area contributed by atoms with E-state index >= 15 is 0 Å². The van der Waals surface area contributed by atoms with Gasteiger partial charge in [-0.15, -0.1) is 0 Å². The number of nitrogens with zero attached hydrogens (tertiary/aromatic N) is 2. The highest BCUT2D eigenvalue weighted by Crippen LogP contribution is 2.35. The summed E-state index contributed by atoms with van der Waals surface area (Å²) in [6.07, 6.45) is 5.27. The maximum absolute atomic E-state index is 4.97. The Bertz CT molecular complexity index is 777. The molecule has 112 valence electrons. The first kappa shape index (κ1) is 13.6. The molecule has 1 saturated carbocycles. The van der Waals surface area contributed by atoms with Crippen molar-refractivity contribution in [3.05, 3.63) is 65.5 Å². The second-order valence-corrected chi connectivity index (χ2v) is 6.51. The van der Waals surface area contributed by atoms with Crippen LogP contribution in [0.1, 0.15) is 48.6 Å². The summed E-state index contributed by atoms with van der Waals surface area (Å²) in [6, 6.07) is 17.4. The van der Waals surface area contributed by atoms with Gasteiger partial charge in [0.1, 0.15) is 5.82 Å². The smallest absolute Gasteiger partial charge is 0.113 e. The van der Waals surface area contributed by atoms with Gasteiger partial charge in [-0.3, -0.25) is 0 Å². The van der Waals surface area contributed by atoms with E-state index in [2.05, 4.69) is 60.0 Å². The Labute approximate surface area is 131 Å². The number of para-hydroxylation sites is 2. The maximum Gasteiger partial charge on any atom is 0.113 e. The number of hydrogen-bond donors (Lipinski definition) is 0. The minimum atomic E-state index is 0.637. The van der Waals surface area contributed by atoms with Crippen LogP contribution in [-0.4, -0.2) is 9.55 Å². The molecule has 4 rings (SSSR count). The van der Waals surface area contributed by atoms with Crippen molar-refractivity contribution in [2.45, 2.75) is 45.1 Å². The number of aryl methyl sites for hydroxylation is 1. The minimum absolute atomic E-state index is 0.637. The molecule has 2 nitrogen and oxygen atoms in total. The molecule has 0 bridgehead atoms. The van der Waals surface area contributed by atoms with E-state index in [-0.39, 0.29) is 0 Å². The standard InChI is InChI=1S/C20H22N2/c1-15-10-12-16(13-11-15)14-22-19-9-5-4-8-18(19)21-20(22)17-6-2-3-7-17/h4-5,8-13,17H,2-3,6-7,14H2,1H3. The van der Waals surface area contributed by atoms with Crippen molar-refractivity contribution in [1.82, 2.24) is 9.55 Å². The summed E-state index contributed by atoms with van der Waals surface area (Å²) >= 11 is 0. The number of rotatable bonds is 3. The highest BCUT2D eigenvalue weighted by molar-refractivity contribution is 5.76. The largest absolute Gasteiger partial charge is 0.323 e. The minimum Gasteiger partial charge on any atom is -0.323 e. The number of hydrogen-bond acceptors (Lipinski definition) is 1. The van der Waals surface area contributed by atoms with E-state index in [4.69, 9.17) is 4.98 Å². The zero-order chi connectivity index (χ0) is 14.9. The lowest BCUT2D eigenvalue weighted by molar-refractivity contribution is 0.619. The third kappa shape index (κ3) is 2.43. The van der Waals surface area contributed by atoms with E-state index in [0.717, 1.165) is 12.1 Å². The predicted molar refractivity (Wildman–Crippen MR) is 91.2 cm³/mol. The number of fused-ring (bicyclic) bond motifs is 1. The van der Waals surface area contributed by atoms with Crippen molar-refractivity contribution in [2.75, 3.05) is 0 Å². The van der Waals surface area contributed by atoms with Crippen LogP contribution in [0, 0.1) is 6.92 Å². The molecule has 1 aliphatic rings. The zero-order valence-corrected chi connectivity index (χ0v) is 13.1. The lowest BCUT2D eigenvalue weighted by Gasteiger charge is -2.14. The summed E-state index contributed by atoms with van der Waals surface area (Å²) < 4.78 is 2.44. The van der Waals surface area contributed by atoms with Crippen molar-refractivity contribution < 1.29 is 0 Å². The topological polar surface area (TPSA) is 17.8 Å². The Morgan fingerprint density at radius 1 is 1.00 bits per heavy atom. The number of imidazole rings is 1. The Balaban J connectivity index is 1.79. The van der Waals surface area contributed by atoms with E-state index in [9.17, 15) is 0 Å². The molecule has 0 unspecified atom stereocenters. The second-order valence-electron chi connectivity index (χ2n) is 6.51. The van der Waals surface area contributed by atoms with Crippen molar-refractivity contribution in [3.63, 3.8) is 0 Å². The fourth-order valence-electron chi connectivity index (χ4n) is 3.63. The third-order valence-corrected chi connectivity index (χ3v) is 4.87. The quantitative estimate of drug-likeness (QED) is 0.660. The van der Waals surface area contributed by atoms with Crippen LogP contribution in [0.15, 0.2) is 48.5 Å². The first-order valence-corrected chi connectivity index (χ1v) is 8.32. The van der Waals surface area contributed by atoms with Crippen LogP contribution in [0.4, 0.5) is 0 Å². The molecule has 1 fully saturated rings. The Kier molecular flexibility index (Phi) is 3.45. The summed E-state index contributed by atoms with van der Waals surface area (Å²) in [5.74, 6) is 1.93. The van der Waals surface area contributed by atoms with Gasteiger partial charge in [0.15, 0.2) is 0 Å². The Morgan fingerprint density at radius 2 is 1.73 bits per heavy atom. The predicted octanol–water partition coefficient (Wildman–Crippen LogP) is 5.05. The van der Waals surface area contributed by atoms with Crippen LogP contribution in [0.5, 0.6) is 0 Å². The van der Waals surface area contributed by atoms with E-state index in [1.165, 1.54) is 48.2 Å². The first-order chi connectivity index (χ1) is 10.8. The number of aromatic nitrogens is 2. The molecule has 2 heteroatoms. The van der Waals surface area contributed by atoms with Gasteiger partial charge in [-0.05, 0) is 37.5 Å². The molecule has 0 atom stereocenters. The molecule has 1 aliphatic carbocycles. The van der Waals surface area contributed by atoms with E-state index in [0.29, 0.717) is 5.92 Å². The van der Waals surface area contributed by atoms with Gasteiger partial charge in [-0.2, -0.15) is 0 Å². The van der Waals surface area contributed by atoms with Crippen LogP contribution >= 0.6 is 0 Å². The Morgan fingerprint density at radius 3 is 2.50 bits per heavy atom. The maximum atomic E-state index is 4.97. The fraction of sp³-hybridized carbons (Fsp3) is 0.350. The molecule has 1 heterocycles. The van der Waals surface area contributed by atoms with Crippen LogP contribution in [0.25, 0.3) is 11.0 Å². The molecule has 0 amide bonds. The Hall–Kier alpha value is -2.09. The lowest BCUT2D eigenvalue weighted by atomic mass is 10.1. The van der Waals surface area contributed by atoms with Gasteiger partial charge in [0.25, 0.3) is 0 Å². The molecule has 0 aliphatic heterocycles.